The van der Waals surface area contributed by atoms with E-state index in [0.717, 1.165) is 94.5 Å². The van der Waals surface area contributed by atoms with Gasteiger partial charge in [0.2, 0.25) is 0 Å². The van der Waals surface area contributed by atoms with E-state index in [1.807, 2.05) is 127 Å². The van der Waals surface area contributed by atoms with Gasteiger partial charge in [0.15, 0.2) is 0 Å². The molecule has 0 radical (unpaired) electrons. The summed E-state index contributed by atoms with van der Waals surface area (Å²) in [6.45, 7) is 0. The summed E-state index contributed by atoms with van der Waals surface area (Å²) in [4.78, 5) is 35.0. The van der Waals surface area contributed by atoms with E-state index in [2.05, 4.69) is 66.0 Å². The molecule has 0 spiro atoms. The number of nitrogens with zero attached hydrogens (tertiary/aromatic N) is 4. The standard InChI is InChI=1S/C54H42N5O4Si.Zn/c1-61-64(62-2,63-3)41-25-23-40(24-26-41)55-54(60)39-21-19-38(20-22-39)53-48-33-31-46(58-48)51(36-15-9-5-10-16-36)44-29-27-42(56-44)50(35-13-7-4-8-14-35)43-28-30-45(57-43)52(37-17-11-6-12-18-37)47-32-34-49(53)59-47;/h4-34H,1-3H3,(H2-,55,56,57,58,59,60);/q-1;+2/p-1. The Labute approximate surface area is 390 Å². The second-order valence-electron chi connectivity index (χ2n) is 15.2. The van der Waals surface area contributed by atoms with Crippen LogP contribution in [0.2, 0.25) is 0 Å². The van der Waals surface area contributed by atoms with Crippen LogP contribution in [0.25, 0.3) is 90.9 Å². The van der Waals surface area contributed by atoms with E-state index in [9.17, 15) is 4.79 Å². The fourth-order valence-electron chi connectivity index (χ4n) is 8.44. The third kappa shape index (κ3) is 8.28. The van der Waals surface area contributed by atoms with Gasteiger partial charge in [-0.1, -0.05) is 140 Å². The number of nitrogens with one attached hydrogen (secondary N) is 1. The topological polar surface area (TPSA) is 111 Å². The number of anilines is 1. The van der Waals surface area contributed by atoms with E-state index < -0.39 is 8.80 Å². The summed E-state index contributed by atoms with van der Waals surface area (Å²) in [6.07, 6.45) is 8.23. The van der Waals surface area contributed by atoms with Crippen LogP contribution in [0.3, 0.4) is 0 Å². The van der Waals surface area contributed by atoms with Crippen molar-refractivity contribution >= 4 is 72.0 Å². The van der Waals surface area contributed by atoms with Crippen molar-refractivity contribution in [3.05, 3.63) is 192 Å². The molecule has 11 heteroatoms. The molecule has 8 aromatic rings. The largest absolute Gasteiger partial charge is 2.00 e. The van der Waals surface area contributed by atoms with E-state index >= 15 is 0 Å². The predicted molar refractivity (Wildman–Crippen MR) is 259 cm³/mol. The molecule has 8 bridgehead atoms. The molecule has 0 fully saturated rings. The van der Waals surface area contributed by atoms with Crippen molar-refractivity contribution in [1.29, 1.82) is 0 Å². The van der Waals surface area contributed by atoms with Crippen molar-refractivity contribution in [3.8, 4) is 44.5 Å². The second-order valence-corrected chi connectivity index (χ2v) is 18.2. The molecule has 10 rings (SSSR count). The van der Waals surface area contributed by atoms with Crippen molar-refractivity contribution in [1.82, 2.24) is 19.9 Å². The number of carbonyl (C=O) groups excluding carboxylic acids is 1. The predicted octanol–water partition coefficient (Wildman–Crippen LogP) is 10.9. The molecule has 9 nitrogen and oxygen atoms in total. The Morgan fingerprint density at radius 3 is 1.12 bits per heavy atom. The van der Waals surface area contributed by atoms with Crippen LogP contribution < -0.4 is 20.5 Å². The minimum Gasteiger partial charge on any atom is -0.657 e. The molecule has 1 N–H and O–H groups in total. The van der Waals surface area contributed by atoms with Crippen molar-refractivity contribution < 1.29 is 37.6 Å². The van der Waals surface area contributed by atoms with E-state index in [1.54, 1.807) is 21.3 Å². The first-order valence-electron chi connectivity index (χ1n) is 20.8. The third-order valence-electron chi connectivity index (χ3n) is 11.5. The van der Waals surface area contributed by atoms with Crippen LogP contribution in [0.1, 0.15) is 33.1 Å². The van der Waals surface area contributed by atoms with Gasteiger partial charge in [0, 0.05) is 37.8 Å². The quantitative estimate of drug-likeness (QED) is 0.135. The summed E-state index contributed by atoms with van der Waals surface area (Å²) in [5, 5.41) is 3.80. The Bertz CT molecular complexity index is 3210. The molecule has 312 valence electrons. The van der Waals surface area contributed by atoms with E-state index in [-0.39, 0.29) is 25.4 Å². The summed E-state index contributed by atoms with van der Waals surface area (Å²) in [7, 11) is 1.68. The van der Waals surface area contributed by atoms with Crippen LogP contribution in [0.15, 0.2) is 164 Å². The molecule has 0 atom stereocenters. The fourth-order valence-corrected chi connectivity index (χ4v) is 10.2. The summed E-state index contributed by atoms with van der Waals surface area (Å²) >= 11 is 0. The molecular formula is C54H41N5O4SiZn. The molecule has 2 aliphatic heterocycles. The Kier molecular flexibility index (Phi) is 12.3. The molecule has 65 heavy (non-hydrogen) atoms. The minimum absolute atomic E-state index is 0. The first kappa shape index (κ1) is 43.2. The maximum atomic E-state index is 13.6. The summed E-state index contributed by atoms with van der Waals surface area (Å²) in [5.74, 6) is -0.251. The SMILES string of the molecule is CO[Si](OC)(OC)c1ccc(NC(=O)c2ccc(-c3c4nc(c(-c5ccccc5)c5ccc([n-]5)c(-c5ccccc5)c5nc(c(-c6ccccc6)c6ccc3[n-]6)C=C5)C=C4)cc2)cc1.[Zn+2]. The molecule has 5 heterocycles. The molecule has 0 saturated carbocycles. The van der Waals surface area contributed by atoms with Gasteiger partial charge in [0.25, 0.3) is 5.91 Å². The number of rotatable bonds is 10. The van der Waals surface area contributed by atoms with Crippen molar-refractivity contribution in [3.63, 3.8) is 0 Å². The van der Waals surface area contributed by atoms with Gasteiger partial charge >= 0.3 is 28.3 Å². The molecule has 5 aromatic carbocycles. The molecule has 0 saturated heterocycles. The second kappa shape index (κ2) is 18.5. The Morgan fingerprint density at radius 1 is 0.446 bits per heavy atom. The number of aromatic nitrogens is 4. The Balaban J connectivity index is 0.00000533. The molecule has 1 amide bonds. The number of benzene rings is 5. The van der Waals surface area contributed by atoms with Gasteiger partial charge in [-0.15, -0.1) is 22.1 Å². The number of hydrogen-bond acceptors (Lipinski definition) is 6. The van der Waals surface area contributed by atoms with Crippen molar-refractivity contribution in [2.24, 2.45) is 0 Å². The van der Waals surface area contributed by atoms with Crippen molar-refractivity contribution in [2.75, 3.05) is 26.6 Å². The maximum absolute atomic E-state index is 13.6. The van der Waals surface area contributed by atoms with Gasteiger partial charge in [-0.2, -0.15) is 0 Å². The van der Waals surface area contributed by atoms with Gasteiger partial charge in [-0.05, 0) is 93.1 Å². The first-order chi connectivity index (χ1) is 31.4. The third-order valence-corrected chi connectivity index (χ3v) is 14.2. The molecule has 0 unspecified atom stereocenters. The zero-order chi connectivity index (χ0) is 43.6. The zero-order valence-electron chi connectivity index (χ0n) is 36.0. The van der Waals surface area contributed by atoms with Crippen LogP contribution in [0, 0.1) is 0 Å². The maximum Gasteiger partial charge on any atom is 2.00 e. The normalized spacial score (nSPS) is 11.9. The summed E-state index contributed by atoms with van der Waals surface area (Å²) in [6, 6.07) is 53.9. The zero-order valence-corrected chi connectivity index (χ0v) is 40.0. The van der Waals surface area contributed by atoms with E-state index in [4.69, 9.17) is 33.2 Å². The van der Waals surface area contributed by atoms with Crippen molar-refractivity contribution in [2.45, 2.75) is 0 Å². The monoisotopic (exact) mass is 915 g/mol. The molecule has 3 aromatic heterocycles. The van der Waals surface area contributed by atoms with Crippen LogP contribution in [-0.2, 0) is 32.8 Å². The first-order valence-corrected chi connectivity index (χ1v) is 22.6. The van der Waals surface area contributed by atoms with Crippen LogP contribution in [0.4, 0.5) is 5.69 Å². The van der Waals surface area contributed by atoms with Crippen LogP contribution >= 0.6 is 0 Å². The molecule has 0 aliphatic carbocycles. The Hall–Kier alpha value is -7.11. The molecular weight excluding hydrogens is 876 g/mol. The fraction of sp³-hybridized carbons (Fsp3) is 0.0556. The molecule has 2 aliphatic rings. The number of fused-ring (bicyclic) bond motifs is 8. The Morgan fingerprint density at radius 2 is 0.785 bits per heavy atom. The summed E-state index contributed by atoms with van der Waals surface area (Å²) < 4.78 is 16.9. The average Bonchev–Trinajstić information content (AvgIpc) is 4.20. The number of amides is 1. The summed E-state index contributed by atoms with van der Waals surface area (Å²) in [5.41, 5.74) is 14.8. The van der Waals surface area contributed by atoms with Crippen LogP contribution in [-0.4, -0.2) is 46.0 Å². The van der Waals surface area contributed by atoms with Crippen LogP contribution in [0.5, 0.6) is 0 Å². The van der Waals surface area contributed by atoms with E-state index in [1.165, 1.54) is 0 Å². The van der Waals surface area contributed by atoms with Gasteiger partial charge < -0.3 is 28.6 Å². The van der Waals surface area contributed by atoms with Gasteiger partial charge in [-0.3, -0.25) is 4.79 Å². The minimum atomic E-state index is -3.02. The smallest absolute Gasteiger partial charge is 0.657 e. The van der Waals surface area contributed by atoms with Gasteiger partial charge in [0.1, 0.15) is 0 Å². The number of carbonyl (C=O) groups is 1. The number of hydrogen-bond donors (Lipinski definition) is 1. The van der Waals surface area contributed by atoms with E-state index in [0.29, 0.717) is 11.3 Å². The van der Waals surface area contributed by atoms with Gasteiger partial charge in [-0.25, -0.2) is 9.97 Å². The average molecular weight is 917 g/mol. The van der Waals surface area contributed by atoms with Gasteiger partial charge in [0.05, 0.1) is 22.8 Å².